The molecule has 9 N–H and O–H groups in total. The summed E-state index contributed by atoms with van der Waals surface area (Å²) in [6.07, 6.45) is 2.42. The normalized spacial score (nSPS) is 13.0. The number of amides is 3. The quantitative estimate of drug-likeness (QED) is 0.117. The number of fused-ring (bicyclic) bond motifs is 1. The summed E-state index contributed by atoms with van der Waals surface area (Å²) in [6.45, 7) is 0.111. The fraction of sp³-hybridized carbons (Fsp3) is 0.280. The topological polar surface area (TPSA) is 213 Å². The highest BCUT2D eigenvalue weighted by molar-refractivity contribution is 7.88. The van der Waals surface area contributed by atoms with Gasteiger partial charge in [0.25, 0.3) is 0 Å². The number of para-hydroxylation sites is 1. The Labute approximate surface area is 220 Å². The molecule has 0 aliphatic heterocycles. The van der Waals surface area contributed by atoms with Crippen LogP contribution in [0.2, 0.25) is 0 Å². The van der Waals surface area contributed by atoms with Crippen molar-refractivity contribution >= 4 is 44.5 Å². The monoisotopic (exact) mass is 541 g/mol. The van der Waals surface area contributed by atoms with Crippen molar-refractivity contribution in [3.63, 3.8) is 0 Å². The zero-order valence-corrected chi connectivity index (χ0v) is 21.6. The lowest BCUT2D eigenvalue weighted by Gasteiger charge is -2.22. The van der Waals surface area contributed by atoms with Crippen molar-refractivity contribution in [3.8, 4) is 0 Å². The molecule has 0 saturated carbocycles. The lowest BCUT2D eigenvalue weighted by molar-refractivity contribution is -0.130. The minimum Gasteiger partial charge on any atom is -0.384 e. The Morgan fingerprint density at radius 2 is 1.68 bits per heavy atom. The predicted molar refractivity (Wildman–Crippen MR) is 143 cm³/mol. The molecule has 0 aliphatic carbocycles. The molecule has 1 aromatic heterocycles. The van der Waals surface area contributed by atoms with Crippen molar-refractivity contribution in [2.24, 2.45) is 11.5 Å². The van der Waals surface area contributed by atoms with Crippen molar-refractivity contribution in [3.05, 3.63) is 71.4 Å². The Balaban J connectivity index is 1.75. The molecule has 0 spiro atoms. The molecule has 3 aromatic rings. The first-order valence-electron chi connectivity index (χ1n) is 11.7. The van der Waals surface area contributed by atoms with Crippen LogP contribution in [0, 0.1) is 5.41 Å². The summed E-state index contributed by atoms with van der Waals surface area (Å²) in [5, 5.41) is 13.6. The van der Waals surface area contributed by atoms with Crippen molar-refractivity contribution in [1.82, 2.24) is 20.3 Å². The maximum absolute atomic E-state index is 13.2. The molecule has 3 rings (SSSR count). The second kappa shape index (κ2) is 12.3. The number of sulfonamides is 1. The second-order valence-electron chi connectivity index (χ2n) is 8.90. The molecule has 2 atom stereocenters. The molecule has 12 nitrogen and oxygen atoms in total. The second-order valence-corrected chi connectivity index (χ2v) is 10.7. The summed E-state index contributed by atoms with van der Waals surface area (Å²) >= 11 is 0. The molecular weight excluding hydrogens is 510 g/mol. The third kappa shape index (κ3) is 8.15. The number of carbonyl (C=O) groups excluding carboxylic acids is 3. The number of carbonyl (C=O) groups is 3. The van der Waals surface area contributed by atoms with E-state index >= 15 is 0 Å². The van der Waals surface area contributed by atoms with Crippen LogP contribution in [0.5, 0.6) is 0 Å². The van der Waals surface area contributed by atoms with E-state index in [2.05, 4.69) is 20.3 Å². The average molecular weight is 542 g/mol. The molecule has 1 heterocycles. The molecule has 38 heavy (non-hydrogen) atoms. The Hall–Kier alpha value is -4.23. The largest absolute Gasteiger partial charge is 0.384 e. The van der Waals surface area contributed by atoms with E-state index in [4.69, 9.17) is 16.9 Å². The van der Waals surface area contributed by atoms with Gasteiger partial charge in [-0.2, -0.15) is 0 Å². The Kier molecular flexibility index (Phi) is 9.20. The van der Waals surface area contributed by atoms with Gasteiger partial charge in [-0.15, -0.1) is 0 Å². The van der Waals surface area contributed by atoms with Gasteiger partial charge in [0.15, 0.2) is 0 Å². The van der Waals surface area contributed by atoms with Crippen LogP contribution in [-0.4, -0.2) is 55.3 Å². The number of aromatic amines is 1. The van der Waals surface area contributed by atoms with Gasteiger partial charge in [0.05, 0.1) is 6.26 Å². The number of nitrogens with one attached hydrogen (secondary N) is 5. The molecule has 3 amide bonds. The highest BCUT2D eigenvalue weighted by atomic mass is 32.2. The molecule has 0 unspecified atom stereocenters. The number of rotatable bonds is 13. The van der Waals surface area contributed by atoms with Crippen LogP contribution >= 0.6 is 0 Å². The van der Waals surface area contributed by atoms with Gasteiger partial charge >= 0.3 is 0 Å². The average Bonchev–Trinajstić information content (AvgIpc) is 3.26. The van der Waals surface area contributed by atoms with Crippen LogP contribution in [0.3, 0.4) is 0 Å². The number of amidine groups is 1. The third-order valence-electron chi connectivity index (χ3n) is 5.82. The lowest BCUT2D eigenvalue weighted by Crippen LogP contribution is -2.54. The molecule has 0 saturated heterocycles. The van der Waals surface area contributed by atoms with E-state index in [1.807, 2.05) is 24.3 Å². The summed E-state index contributed by atoms with van der Waals surface area (Å²) in [4.78, 5) is 40.7. The summed E-state index contributed by atoms with van der Waals surface area (Å²) in [7, 11) is -3.78. The number of aromatic nitrogens is 1. The van der Waals surface area contributed by atoms with Crippen molar-refractivity contribution < 1.29 is 22.8 Å². The summed E-state index contributed by atoms with van der Waals surface area (Å²) in [6, 6.07) is 11.7. The number of nitrogen functional groups attached to an aromatic ring is 1. The molecule has 13 heteroatoms. The minimum atomic E-state index is -3.78. The van der Waals surface area contributed by atoms with E-state index in [-0.39, 0.29) is 31.6 Å². The summed E-state index contributed by atoms with van der Waals surface area (Å²) in [5.74, 6) is -2.03. The minimum absolute atomic E-state index is 0.0234. The van der Waals surface area contributed by atoms with Crippen LogP contribution in [0.25, 0.3) is 10.9 Å². The van der Waals surface area contributed by atoms with E-state index in [1.54, 1.807) is 30.5 Å². The van der Waals surface area contributed by atoms with Gasteiger partial charge in [0.1, 0.15) is 17.9 Å². The predicted octanol–water partition coefficient (Wildman–Crippen LogP) is -0.0210. The van der Waals surface area contributed by atoms with Crippen LogP contribution in [0.15, 0.2) is 54.7 Å². The van der Waals surface area contributed by atoms with Gasteiger partial charge in [-0.1, -0.05) is 42.5 Å². The first-order chi connectivity index (χ1) is 17.9. The van der Waals surface area contributed by atoms with Gasteiger partial charge in [-0.25, -0.2) is 13.1 Å². The summed E-state index contributed by atoms with van der Waals surface area (Å²) < 4.78 is 26.4. The van der Waals surface area contributed by atoms with Crippen molar-refractivity contribution in [2.45, 2.75) is 37.9 Å². The maximum atomic E-state index is 13.2. The zero-order valence-electron chi connectivity index (χ0n) is 20.8. The van der Waals surface area contributed by atoms with Crippen LogP contribution < -0.4 is 26.8 Å². The van der Waals surface area contributed by atoms with Crippen LogP contribution in [-0.2, 0) is 37.4 Å². The van der Waals surface area contributed by atoms with E-state index < -0.39 is 39.8 Å². The third-order valence-corrected chi connectivity index (χ3v) is 6.53. The van der Waals surface area contributed by atoms with Crippen LogP contribution in [0.1, 0.15) is 29.5 Å². The van der Waals surface area contributed by atoms with Crippen molar-refractivity contribution in [2.75, 3.05) is 6.26 Å². The number of H-pyrrole nitrogens is 1. The van der Waals surface area contributed by atoms with Crippen molar-refractivity contribution in [1.29, 1.82) is 5.41 Å². The summed E-state index contributed by atoms with van der Waals surface area (Å²) in [5.41, 5.74) is 13.5. The Morgan fingerprint density at radius 1 is 1.00 bits per heavy atom. The fourth-order valence-corrected chi connectivity index (χ4v) is 4.62. The molecule has 0 aliphatic rings. The molecule has 202 valence electrons. The molecule has 0 radical (unpaired) electrons. The van der Waals surface area contributed by atoms with E-state index in [0.717, 1.165) is 22.7 Å². The molecule has 0 bridgehead atoms. The Morgan fingerprint density at radius 3 is 2.32 bits per heavy atom. The number of primary amides is 1. The highest BCUT2D eigenvalue weighted by Crippen LogP contribution is 2.19. The number of benzene rings is 2. The number of hydrogen-bond acceptors (Lipinski definition) is 6. The maximum Gasteiger partial charge on any atom is 0.242 e. The SMILES string of the molecule is CS(=O)(=O)N[C@H](Cc1c[nH]c2ccccc12)C(=O)N[C@@H](CCC(N)=O)C(=O)NCc1ccc(C(=N)N)cc1. The fourth-order valence-electron chi connectivity index (χ4n) is 3.91. The lowest BCUT2D eigenvalue weighted by atomic mass is 10.0. The number of nitrogens with two attached hydrogens (primary N) is 2. The van der Waals surface area contributed by atoms with E-state index in [9.17, 15) is 22.8 Å². The zero-order chi connectivity index (χ0) is 27.9. The first kappa shape index (κ1) is 28.3. The highest BCUT2D eigenvalue weighted by Gasteiger charge is 2.28. The van der Waals surface area contributed by atoms with E-state index in [0.29, 0.717) is 11.1 Å². The Bertz CT molecular complexity index is 1430. The first-order valence-corrected chi connectivity index (χ1v) is 13.6. The smallest absolute Gasteiger partial charge is 0.242 e. The van der Waals surface area contributed by atoms with Gasteiger partial charge < -0.3 is 27.1 Å². The van der Waals surface area contributed by atoms with E-state index in [1.165, 1.54) is 0 Å². The molecular formula is C25H31N7O5S. The molecule has 0 fully saturated rings. The molecule has 2 aromatic carbocycles. The van der Waals surface area contributed by atoms with Gasteiger partial charge in [0, 0.05) is 35.6 Å². The van der Waals surface area contributed by atoms with Gasteiger partial charge in [0.2, 0.25) is 27.7 Å². The standard InChI is InChI=1S/C25H31N7O5S/c1-38(36,37)32-21(12-17-14-29-19-5-3-2-4-18(17)19)25(35)31-20(10-11-22(26)33)24(34)30-13-15-6-8-16(9-7-15)23(27)28/h2-9,14,20-21,29,32H,10-13H2,1H3,(H2,26,33)(H3,27,28)(H,30,34)(H,31,35)/t20-,21+/m0/s1. The number of hydrogen-bond donors (Lipinski definition) is 7. The van der Waals surface area contributed by atoms with Gasteiger partial charge in [-0.3, -0.25) is 19.8 Å². The van der Waals surface area contributed by atoms with Gasteiger partial charge in [-0.05, 0) is 30.0 Å². The van der Waals surface area contributed by atoms with Crippen LogP contribution in [0.4, 0.5) is 0 Å².